The quantitative estimate of drug-likeness (QED) is 0.698. The molecular formula is C19H12F3N5O. The van der Waals surface area contributed by atoms with Gasteiger partial charge < -0.3 is 10.6 Å². The van der Waals surface area contributed by atoms with Gasteiger partial charge in [-0.2, -0.15) is 18.4 Å². The van der Waals surface area contributed by atoms with Gasteiger partial charge in [-0.25, -0.2) is 9.97 Å². The molecule has 1 heterocycles. The molecule has 3 rings (SSSR count). The number of carbonyl (C=O) groups excluding carboxylic acids is 1. The molecule has 1 aromatic heterocycles. The van der Waals surface area contributed by atoms with E-state index in [0.717, 1.165) is 24.3 Å². The summed E-state index contributed by atoms with van der Waals surface area (Å²) in [5, 5.41) is 14.4. The number of hydrogen-bond acceptors (Lipinski definition) is 5. The third kappa shape index (κ3) is 4.42. The number of para-hydroxylation sites is 1. The predicted octanol–water partition coefficient (Wildman–Crippen LogP) is 4.36. The molecule has 0 bridgehead atoms. The number of nitriles is 1. The molecule has 9 heteroatoms. The van der Waals surface area contributed by atoms with Gasteiger partial charge in [0.1, 0.15) is 11.8 Å². The van der Waals surface area contributed by atoms with Crippen molar-refractivity contribution < 1.29 is 18.0 Å². The molecule has 1 amide bonds. The number of carbonyl (C=O) groups is 1. The normalized spacial score (nSPS) is 10.8. The van der Waals surface area contributed by atoms with Crippen LogP contribution in [0, 0.1) is 11.3 Å². The molecule has 6 nitrogen and oxygen atoms in total. The number of amides is 1. The fourth-order valence-electron chi connectivity index (χ4n) is 2.29. The number of nitrogens with one attached hydrogen (secondary N) is 2. The number of anilines is 3. The van der Waals surface area contributed by atoms with Crippen molar-refractivity contribution in [3.63, 3.8) is 0 Å². The van der Waals surface area contributed by atoms with Crippen LogP contribution in [0.4, 0.5) is 30.5 Å². The van der Waals surface area contributed by atoms with E-state index in [9.17, 15) is 18.0 Å². The van der Waals surface area contributed by atoms with Crippen LogP contribution in [-0.4, -0.2) is 15.9 Å². The Morgan fingerprint density at radius 2 is 1.75 bits per heavy atom. The molecule has 2 N–H and O–H groups in total. The van der Waals surface area contributed by atoms with E-state index in [-0.39, 0.29) is 17.3 Å². The molecule has 0 radical (unpaired) electrons. The Bertz CT molecular complexity index is 1040. The molecule has 0 aliphatic carbocycles. The standard InChI is InChI=1S/C19H12F3N5O/c20-19(21,22)13-5-7-14(8-6-13)25-17(28)16-9-10-24-18(27-16)26-15-4-2-1-3-12(15)11-23/h1-10H,(H,25,28)(H,24,26,27). The van der Waals surface area contributed by atoms with Crippen LogP contribution in [-0.2, 0) is 6.18 Å². The highest BCUT2D eigenvalue weighted by atomic mass is 19.4. The van der Waals surface area contributed by atoms with E-state index in [4.69, 9.17) is 5.26 Å². The van der Waals surface area contributed by atoms with Gasteiger partial charge in [-0.05, 0) is 42.5 Å². The average Bonchev–Trinajstić information content (AvgIpc) is 2.68. The summed E-state index contributed by atoms with van der Waals surface area (Å²) in [6.07, 6.45) is -3.10. The second kappa shape index (κ2) is 7.75. The molecule has 140 valence electrons. The minimum atomic E-state index is -4.45. The monoisotopic (exact) mass is 383 g/mol. The summed E-state index contributed by atoms with van der Waals surface area (Å²) >= 11 is 0. The van der Waals surface area contributed by atoms with Crippen molar-refractivity contribution in [3.05, 3.63) is 77.6 Å². The van der Waals surface area contributed by atoms with Gasteiger partial charge in [0.25, 0.3) is 5.91 Å². The Morgan fingerprint density at radius 1 is 1.04 bits per heavy atom. The van der Waals surface area contributed by atoms with Gasteiger partial charge in [-0.3, -0.25) is 4.79 Å². The molecule has 0 unspecified atom stereocenters. The molecule has 0 atom stereocenters. The summed E-state index contributed by atoms with van der Waals surface area (Å²) in [6, 6.07) is 14.2. The summed E-state index contributed by atoms with van der Waals surface area (Å²) in [4.78, 5) is 20.4. The van der Waals surface area contributed by atoms with Crippen LogP contribution in [0.1, 0.15) is 21.6 Å². The fraction of sp³-hybridized carbons (Fsp3) is 0.0526. The van der Waals surface area contributed by atoms with Crippen molar-refractivity contribution in [1.29, 1.82) is 5.26 Å². The largest absolute Gasteiger partial charge is 0.416 e. The highest BCUT2D eigenvalue weighted by molar-refractivity contribution is 6.03. The van der Waals surface area contributed by atoms with Gasteiger partial charge in [0, 0.05) is 11.9 Å². The molecule has 0 aliphatic heterocycles. The van der Waals surface area contributed by atoms with Gasteiger partial charge >= 0.3 is 6.18 Å². The highest BCUT2D eigenvalue weighted by Crippen LogP contribution is 2.29. The first-order valence-electron chi connectivity index (χ1n) is 7.94. The smallest absolute Gasteiger partial charge is 0.323 e. The number of aromatic nitrogens is 2. The second-order valence-corrected chi connectivity index (χ2v) is 5.58. The SMILES string of the molecule is N#Cc1ccccc1Nc1nccc(C(=O)Nc2ccc(C(F)(F)F)cc2)n1. The average molecular weight is 383 g/mol. The van der Waals surface area contributed by atoms with E-state index in [1.165, 1.54) is 12.3 Å². The maximum absolute atomic E-state index is 12.6. The minimum Gasteiger partial charge on any atom is -0.323 e. The zero-order valence-corrected chi connectivity index (χ0v) is 14.2. The number of halogens is 3. The molecule has 28 heavy (non-hydrogen) atoms. The Balaban J connectivity index is 1.74. The topological polar surface area (TPSA) is 90.7 Å². The summed E-state index contributed by atoms with van der Waals surface area (Å²) in [5.41, 5.74) is 0.249. The van der Waals surface area contributed by atoms with Crippen molar-refractivity contribution in [3.8, 4) is 6.07 Å². The zero-order chi connectivity index (χ0) is 20.1. The van der Waals surface area contributed by atoms with E-state index in [2.05, 4.69) is 20.6 Å². The number of alkyl halides is 3. The molecular weight excluding hydrogens is 371 g/mol. The van der Waals surface area contributed by atoms with Crippen molar-refractivity contribution in [2.45, 2.75) is 6.18 Å². The maximum atomic E-state index is 12.6. The summed E-state index contributed by atoms with van der Waals surface area (Å²) in [7, 11) is 0. The van der Waals surface area contributed by atoms with Gasteiger partial charge in [-0.1, -0.05) is 12.1 Å². The van der Waals surface area contributed by atoms with Crippen molar-refractivity contribution in [2.75, 3.05) is 10.6 Å². The van der Waals surface area contributed by atoms with Crippen molar-refractivity contribution in [2.24, 2.45) is 0 Å². The Kier molecular flexibility index (Phi) is 5.22. The van der Waals surface area contributed by atoms with Gasteiger partial charge in [0.15, 0.2) is 0 Å². The minimum absolute atomic E-state index is 0.00633. The molecule has 2 aromatic carbocycles. The van der Waals surface area contributed by atoms with E-state index >= 15 is 0 Å². The van der Waals surface area contributed by atoms with Gasteiger partial charge in [0.2, 0.25) is 5.95 Å². The van der Waals surface area contributed by atoms with Gasteiger partial charge in [0.05, 0.1) is 16.8 Å². The molecule has 0 saturated heterocycles. The summed E-state index contributed by atoms with van der Waals surface area (Å²) in [5.74, 6) is -0.512. The Morgan fingerprint density at radius 3 is 2.43 bits per heavy atom. The lowest BCUT2D eigenvalue weighted by atomic mass is 10.2. The van der Waals surface area contributed by atoms with Crippen LogP contribution in [0.2, 0.25) is 0 Å². The van der Waals surface area contributed by atoms with Crippen molar-refractivity contribution in [1.82, 2.24) is 9.97 Å². The van der Waals surface area contributed by atoms with Crippen LogP contribution < -0.4 is 10.6 Å². The lowest BCUT2D eigenvalue weighted by Gasteiger charge is -2.10. The second-order valence-electron chi connectivity index (χ2n) is 5.58. The van der Waals surface area contributed by atoms with E-state index in [1.807, 2.05) is 6.07 Å². The number of benzene rings is 2. The Hall–Kier alpha value is -3.93. The first-order valence-corrected chi connectivity index (χ1v) is 7.94. The Labute approximate surface area is 157 Å². The first-order chi connectivity index (χ1) is 13.4. The third-order valence-electron chi connectivity index (χ3n) is 3.65. The molecule has 0 aliphatic rings. The lowest BCUT2D eigenvalue weighted by molar-refractivity contribution is -0.137. The predicted molar refractivity (Wildman–Crippen MR) is 95.9 cm³/mol. The van der Waals surface area contributed by atoms with Gasteiger partial charge in [-0.15, -0.1) is 0 Å². The molecule has 0 saturated carbocycles. The molecule has 0 spiro atoms. The molecule has 3 aromatic rings. The maximum Gasteiger partial charge on any atom is 0.416 e. The van der Waals surface area contributed by atoms with Crippen LogP contribution in [0.25, 0.3) is 0 Å². The number of nitrogens with zero attached hydrogens (tertiary/aromatic N) is 3. The summed E-state index contributed by atoms with van der Waals surface area (Å²) in [6.45, 7) is 0. The highest BCUT2D eigenvalue weighted by Gasteiger charge is 2.30. The zero-order valence-electron chi connectivity index (χ0n) is 14.2. The first kappa shape index (κ1) is 18.8. The fourth-order valence-corrected chi connectivity index (χ4v) is 2.29. The van der Waals surface area contributed by atoms with Crippen LogP contribution >= 0.6 is 0 Å². The van der Waals surface area contributed by atoms with E-state index < -0.39 is 17.6 Å². The lowest BCUT2D eigenvalue weighted by Crippen LogP contribution is -2.15. The van der Waals surface area contributed by atoms with Crippen LogP contribution in [0.15, 0.2) is 60.8 Å². The number of rotatable bonds is 4. The van der Waals surface area contributed by atoms with Crippen LogP contribution in [0.3, 0.4) is 0 Å². The van der Waals surface area contributed by atoms with Crippen molar-refractivity contribution >= 4 is 23.2 Å². The van der Waals surface area contributed by atoms with E-state index in [0.29, 0.717) is 11.3 Å². The number of hydrogen-bond donors (Lipinski definition) is 2. The van der Waals surface area contributed by atoms with Crippen LogP contribution in [0.5, 0.6) is 0 Å². The molecule has 0 fully saturated rings. The third-order valence-corrected chi connectivity index (χ3v) is 3.65. The van der Waals surface area contributed by atoms with E-state index in [1.54, 1.807) is 24.3 Å². The summed E-state index contributed by atoms with van der Waals surface area (Å²) < 4.78 is 37.8.